The van der Waals surface area contributed by atoms with Gasteiger partial charge in [0, 0.05) is 13.5 Å². The van der Waals surface area contributed by atoms with E-state index in [-0.39, 0.29) is 5.91 Å². The van der Waals surface area contributed by atoms with Crippen molar-refractivity contribution in [3.8, 4) is 0 Å². The number of rotatable bonds is 6. The van der Waals surface area contributed by atoms with Gasteiger partial charge in [-0.3, -0.25) is 9.89 Å². The third-order valence-corrected chi connectivity index (χ3v) is 3.57. The van der Waals surface area contributed by atoms with Crippen molar-refractivity contribution < 1.29 is 4.79 Å². The van der Waals surface area contributed by atoms with Crippen LogP contribution in [0.4, 0.5) is 0 Å². The van der Waals surface area contributed by atoms with Crippen LogP contribution in [-0.2, 0) is 17.8 Å². The third-order valence-electron chi connectivity index (χ3n) is 3.57. The smallest absolute Gasteiger partial charge is 0.223 e. The molecule has 1 unspecified atom stereocenters. The number of H-pyrrole nitrogens is 1. The normalized spacial score (nSPS) is 17.9. The molecule has 0 fully saturated rings. The van der Waals surface area contributed by atoms with Crippen molar-refractivity contribution in [3.05, 3.63) is 29.6 Å². The van der Waals surface area contributed by atoms with Gasteiger partial charge >= 0.3 is 0 Å². The van der Waals surface area contributed by atoms with Gasteiger partial charge in [0.2, 0.25) is 5.91 Å². The van der Waals surface area contributed by atoms with Gasteiger partial charge < -0.3 is 4.90 Å². The highest BCUT2D eigenvalue weighted by molar-refractivity contribution is 5.76. The van der Waals surface area contributed by atoms with Gasteiger partial charge in [-0.2, -0.15) is 5.10 Å². The number of amides is 1. The summed E-state index contributed by atoms with van der Waals surface area (Å²) >= 11 is 0. The standard InChI is InChI=1S/C15H23N3O/c1-3-6-13-10-14(17-16-13)11-18(2)15(19)9-12-7-4-5-8-12/h4,7,10,12H,3,5-6,8-9,11H2,1-2H3,(H,16,17). The average Bonchev–Trinajstić information content (AvgIpc) is 3.02. The van der Waals surface area contributed by atoms with Gasteiger partial charge in [-0.1, -0.05) is 25.5 Å². The Morgan fingerprint density at radius 3 is 3.11 bits per heavy atom. The van der Waals surface area contributed by atoms with Crippen LogP contribution in [0, 0.1) is 5.92 Å². The minimum Gasteiger partial charge on any atom is -0.340 e. The molecule has 1 heterocycles. The summed E-state index contributed by atoms with van der Waals surface area (Å²) in [6, 6.07) is 2.06. The van der Waals surface area contributed by atoms with Gasteiger partial charge in [0.15, 0.2) is 0 Å². The molecule has 104 valence electrons. The van der Waals surface area contributed by atoms with Gasteiger partial charge in [-0.15, -0.1) is 0 Å². The number of allylic oxidation sites excluding steroid dienone is 2. The molecule has 1 aliphatic rings. The Hall–Kier alpha value is -1.58. The fourth-order valence-electron chi connectivity index (χ4n) is 2.46. The lowest BCUT2D eigenvalue weighted by Crippen LogP contribution is -2.27. The molecule has 0 radical (unpaired) electrons. The van der Waals surface area contributed by atoms with Gasteiger partial charge in [0.25, 0.3) is 0 Å². The molecule has 1 amide bonds. The van der Waals surface area contributed by atoms with E-state index in [1.807, 2.05) is 7.05 Å². The van der Waals surface area contributed by atoms with Crippen molar-refractivity contribution in [1.82, 2.24) is 15.1 Å². The number of carbonyl (C=O) groups is 1. The largest absolute Gasteiger partial charge is 0.340 e. The molecular weight excluding hydrogens is 238 g/mol. The van der Waals surface area contributed by atoms with Crippen LogP contribution < -0.4 is 0 Å². The predicted octanol–water partition coefficient (Wildman–Crippen LogP) is 2.68. The fourth-order valence-corrected chi connectivity index (χ4v) is 2.46. The highest BCUT2D eigenvalue weighted by Gasteiger charge is 2.17. The van der Waals surface area contributed by atoms with E-state index in [0.29, 0.717) is 18.9 Å². The van der Waals surface area contributed by atoms with Gasteiger partial charge in [-0.25, -0.2) is 0 Å². The lowest BCUT2D eigenvalue weighted by atomic mass is 10.0. The first-order chi connectivity index (χ1) is 9.19. The summed E-state index contributed by atoms with van der Waals surface area (Å²) in [7, 11) is 1.86. The maximum absolute atomic E-state index is 12.1. The molecular formula is C15H23N3O. The molecule has 1 aromatic heterocycles. The van der Waals surface area contributed by atoms with E-state index < -0.39 is 0 Å². The van der Waals surface area contributed by atoms with Crippen molar-refractivity contribution in [3.63, 3.8) is 0 Å². The van der Waals surface area contributed by atoms with Crippen molar-refractivity contribution >= 4 is 5.91 Å². The zero-order chi connectivity index (χ0) is 13.7. The molecule has 4 nitrogen and oxygen atoms in total. The summed E-state index contributed by atoms with van der Waals surface area (Å²) < 4.78 is 0. The summed E-state index contributed by atoms with van der Waals surface area (Å²) in [6.45, 7) is 2.76. The van der Waals surface area contributed by atoms with Crippen LogP contribution in [0.3, 0.4) is 0 Å². The number of hydrogen-bond donors (Lipinski definition) is 1. The SMILES string of the molecule is CCCc1cc(CN(C)C(=O)CC2C=CCC2)[nH]n1. The maximum Gasteiger partial charge on any atom is 0.223 e. The first kappa shape index (κ1) is 13.8. The van der Waals surface area contributed by atoms with Crippen LogP contribution in [-0.4, -0.2) is 28.1 Å². The molecule has 0 saturated carbocycles. The Kier molecular flexibility index (Phi) is 4.77. The Morgan fingerprint density at radius 1 is 1.58 bits per heavy atom. The van der Waals surface area contributed by atoms with Gasteiger partial charge in [0.05, 0.1) is 17.9 Å². The van der Waals surface area contributed by atoms with Crippen LogP contribution in [0.25, 0.3) is 0 Å². The Balaban J connectivity index is 1.83. The summed E-state index contributed by atoms with van der Waals surface area (Å²) in [5.74, 6) is 0.649. The third kappa shape index (κ3) is 3.94. The monoisotopic (exact) mass is 261 g/mol. The summed E-state index contributed by atoms with van der Waals surface area (Å²) in [5, 5.41) is 7.26. The van der Waals surface area contributed by atoms with E-state index in [1.54, 1.807) is 4.90 Å². The lowest BCUT2D eigenvalue weighted by molar-refractivity contribution is -0.131. The zero-order valence-electron chi connectivity index (χ0n) is 11.9. The van der Waals surface area contributed by atoms with Crippen LogP contribution in [0.1, 0.15) is 44.0 Å². The van der Waals surface area contributed by atoms with Crippen LogP contribution in [0.2, 0.25) is 0 Å². The number of aromatic amines is 1. The maximum atomic E-state index is 12.1. The number of nitrogens with one attached hydrogen (secondary N) is 1. The highest BCUT2D eigenvalue weighted by atomic mass is 16.2. The van der Waals surface area contributed by atoms with Crippen molar-refractivity contribution in [2.45, 2.75) is 45.6 Å². The molecule has 1 aromatic rings. The summed E-state index contributed by atoms with van der Waals surface area (Å²) in [6.07, 6.45) is 9.27. The molecule has 1 aliphatic carbocycles. The second kappa shape index (κ2) is 6.55. The van der Waals surface area contributed by atoms with Crippen LogP contribution >= 0.6 is 0 Å². The number of carbonyl (C=O) groups excluding carboxylic acids is 1. The molecule has 0 bridgehead atoms. The molecule has 0 spiro atoms. The first-order valence-corrected chi connectivity index (χ1v) is 7.12. The van der Waals surface area contributed by atoms with E-state index >= 15 is 0 Å². The van der Waals surface area contributed by atoms with Gasteiger partial charge in [-0.05, 0) is 31.2 Å². The molecule has 19 heavy (non-hydrogen) atoms. The number of nitrogens with zero attached hydrogens (tertiary/aromatic N) is 2. The first-order valence-electron chi connectivity index (χ1n) is 7.12. The Labute approximate surface area is 114 Å². The molecule has 1 atom stereocenters. The minimum absolute atomic E-state index is 0.211. The number of aryl methyl sites for hydroxylation is 1. The second-order valence-corrected chi connectivity index (χ2v) is 5.35. The fraction of sp³-hybridized carbons (Fsp3) is 0.600. The average molecular weight is 261 g/mol. The van der Waals surface area contributed by atoms with Crippen LogP contribution in [0.15, 0.2) is 18.2 Å². The molecule has 0 aromatic carbocycles. The van der Waals surface area contributed by atoms with Gasteiger partial charge in [0.1, 0.15) is 0 Å². The van der Waals surface area contributed by atoms with E-state index in [0.717, 1.165) is 37.1 Å². The second-order valence-electron chi connectivity index (χ2n) is 5.35. The zero-order valence-corrected chi connectivity index (χ0v) is 11.9. The van der Waals surface area contributed by atoms with E-state index in [2.05, 4.69) is 35.3 Å². The molecule has 0 aliphatic heterocycles. The summed E-state index contributed by atoms with van der Waals surface area (Å²) in [4.78, 5) is 13.9. The number of hydrogen-bond acceptors (Lipinski definition) is 2. The Morgan fingerprint density at radius 2 is 2.42 bits per heavy atom. The highest BCUT2D eigenvalue weighted by Crippen LogP contribution is 2.21. The van der Waals surface area contributed by atoms with Crippen molar-refractivity contribution in [1.29, 1.82) is 0 Å². The van der Waals surface area contributed by atoms with Crippen molar-refractivity contribution in [2.24, 2.45) is 5.92 Å². The molecule has 0 saturated heterocycles. The molecule has 4 heteroatoms. The van der Waals surface area contributed by atoms with Crippen LogP contribution in [0.5, 0.6) is 0 Å². The van der Waals surface area contributed by atoms with E-state index in [4.69, 9.17) is 0 Å². The van der Waals surface area contributed by atoms with E-state index in [9.17, 15) is 4.79 Å². The van der Waals surface area contributed by atoms with Crippen molar-refractivity contribution in [2.75, 3.05) is 7.05 Å². The molecule has 2 rings (SSSR count). The van der Waals surface area contributed by atoms with E-state index in [1.165, 1.54) is 0 Å². The lowest BCUT2D eigenvalue weighted by Gasteiger charge is -2.17. The minimum atomic E-state index is 0.211. The topological polar surface area (TPSA) is 49.0 Å². The number of aromatic nitrogens is 2. The predicted molar refractivity (Wildman–Crippen MR) is 75.5 cm³/mol. The quantitative estimate of drug-likeness (QED) is 0.800. The Bertz CT molecular complexity index is 450. The molecule has 1 N–H and O–H groups in total. The summed E-state index contributed by atoms with van der Waals surface area (Å²) in [5.41, 5.74) is 2.10.